The van der Waals surface area contributed by atoms with Crippen molar-refractivity contribution in [1.82, 2.24) is 10.2 Å². The molecule has 1 saturated heterocycles. The van der Waals surface area contributed by atoms with Crippen LogP contribution in [0.15, 0.2) is 24.3 Å². The van der Waals surface area contributed by atoms with Gasteiger partial charge < -0.3 is 20.3 Å². The summed E-state index contributed by atoms with van der Waals surface area (Å²) in [4.78, 5) is 25.2. The lowest BCUT2D eigenvalue weighted by molar-refractivity contribution is -0.128. The summed E-state index contributed by atoms with van der Waals surface area (Å²) in [5, 5.41) is 4.79. The number of nitrogens with one attached hydrogen (secondary N) is 2. The van der Waals surface area contributed by atoms with Crippen molar-refractivity contribution in [3.63, 3.8) is 0 Å². The highest BCUT2D eigenvalue weighted by Crippen LogP contribution is 2.25. The molecule has 0 unspecified atom stereocenters. The Morgan fingerprint density at radius 1 is 1.23 bits per heavy atom. The molecular formula is C14H17F2N3O3. The maximum atomic E-state index is 12.3. The van der Waals surface area contributed by atoms with Crippen molar-refractivity contribution in [2.75, 3.05) is 25.0 Å². The van der Waals surface area contributed by atoms with Gasteiger partial charge in [0.1, 0.15) is 5.75 Å². The predicted molar refractivity (Wildman–Crippen MR) is 75.9 cm³/mol. The average molecular weight is 313 g/mol. The second-order valence-electron chi connectivity index (χ2n) is 4.77. The van der Waals surface area contributed by atoms with Gasteiger partial charge in [0, 0.05) is 13.1 Å². The fourth-order valence-corrected chi connectivity index (χ4v) is 2.17. The molecule has 0 spiro atoms. The molecule has 0 atom stereocenters. The Kier molecular flexibility index (Phi) is 5.51. The molecule has 0 bridgehead atoms. The molecule has 1 aromatic rings. The van der Waals surface area contributed by atoms with Gasteiger partial charge >= 0.3 is 12.6 Å². The van der Waals surface area contributed by atoms with Gasteiger partial charge in [0.25, 0.3) is 0 Å². The second-order valence-corrected chi connectivity index (χ2v) is 4.77. The highest BCUT2D eigenvalue weighted by molar-refractivity contribution is 5.93. The van der Waals surface area contributed by atoms with Crippen LogP contribution in [0, 0.1) is 0 Å². The van der Waals surface area contributed by atoms with Crippen molar-refractivity contribution >= 4 is 17.6 Å². The Morgan fingerprint density at radius 3 is 2.59 bits per heavy atom. The van der Waals surface area contributed by atoms with Gasteiger partial charge in [-0.1, -0.05) is 12.1 Å². The molecule has 1 heterocycles. The number of ether oxygens (including phenoxy) is 1. The van der Waals surface area contributed by atoms with Crippen LogP contribution in [0.3, 0.4) is 0 Å². The standard InChI is InChI=1S/C14H17F2N3O3/c15-13(16)22-11-6-2-1-5-10(11)18-14(21)17-9-12(20)19-7-3-4-8-19/h1-2,5-6,13H,3-4,7-9H2,(H2,17,18,21). The van der Waals surface area contributed by atoms with Crippen LogP contribution < -0.4 is 15.4 Å². The van der Waals surface area contributed by atoms with Gasteiger partial charge in [-0.2, -0.15) is 8.78 Å². The number of urea groups is 1. The van der Waals surface area contributed by atoms with Crippen molar-refractivity contribution in [1.29, 1.82) is 0 Å². The minimum atomic E-state index is -2.98. The molecule has 1 aliphatic heterocycles. The molecular weight excluding hydrogens is 296 g/mol. The Hall–Kier alpha value is -2.38. The summed E-state index contributed by atoms with van der Waals surface area (Å²) in [6.07, 6.45) is 1.94. The van der Waals surface area contributed by atoms with E-state index in [4.69, 9.17) is 0 Å². The molecule has 1 aliphatic rings. The van der Waals surface area contributed by atoms with Crippen LogP contribution in [0.2, 0.25) is 0 Å². The van der Waals surface area contributed by atoms with Crippen molar-refractivity contribution < 1.29 is 23.1 Å². The molecule has 8 heteroatoms. The number of carbonyl (C=O) groups excluding carboxylic acids is 2. The van der Waals surface area contributed by atoms with Crippen LogP contribution in [0.1, 0.15) is 12.8 Å². The number of benzene rings is 1. The maximum absolute atomic E-state index is 12.3. The highest BCUT2D eigenvalue weighted by Gasteiger charge is 2.18. The molecule has 22 heavy (non-hydrogen) atoms. The van der Waals surface area contributed by atoms with E-state index in [0.717, 1.165) is 12.8 Å². The summed E-state index contributed by atoms with van der Waals surface area (Å²) in [7, 11) is 0. The number of hydrogen-bond donors (Lipinski definition) is 2. The SMILES string of the molecule is O=C(NCC(=O)N1CCCC1)Nc1ccccc1OC(F)F. The van der Waals surface area contributed by atoms with Gasteiger partial charge in [-0.25, -0.2) is 4.79 Å². The largest absolute Gasteiger partial charge is 0.433 e. The van der Waals surface area contributed by atoms with Crippen LogP contribution in [0.5, 0.6) is 5.75 Å². The summed E-state index contributed by atoms with van der Waals surface area (Å²) < 4.78 is 28.8. The number of likely N-dealkylation sites (tertiary alicyclic amines) is 1. The summed E-state index contributed by atoms with van der Waals surface area (Å²) in [5.74, 6) is -0.303. The molecule has 0 aromatic heterocycles. The Balaban J connectivity index is 1.85. The van der Waals surface area contributed by atoms with Crippen molar-refractivity contribution in [2.24, 2.45) is 0 Å². The quantitative estimate of drug-likeness (QED) is 0.874. The zero-order chi connectivity index (χ0) is 15.9. The van der Waals surface area contributed by atoms with E-state index in [-0.39, 0.29) is 23.9 Å². The molecule has 120 valence electrons. The van der Waals surface area contributed by atoms with Gasteiger partial charge in [0.15, 0.2) is 0 Å². The van der Waals surface area contributed by atoms with Gasteiger partial charge in [-0.05, 0) is 25.0 Å². The monoisotopic (exact) mass is 313 g/mol. The Bertz CT molecular complexity index is 534. The van der Waals surface area contributed by atoms with Crippen LogP contribution in [0.4, 0.5) is 19.3 Å². The number of amides is 3. The lowest BCUT2D eigenvalue weighted by atomic mass is 10.3. The number of carbonyl (C=O) groups is 2. The smallest absolute Gasteiger partial charge is 0.387 e. The number of anilines is 1. The number of para-hydroxylation sites is 2. The minimum Gasteiger partial charge on any atom is -0.433 e. The third-order valence-corrected chi connectivity index (χ3v) is 3.21. The highest BCUT2D eigenvalue weighted by atomic mass is 19.3. The lowest BCUT2D eigenvalue weighted by Crippen LogP contribution is -2.40. The molecule has 0 aliphatic carbocycles. The first-order valence-electron chi connectivity index (χ1n) is 6.93. The number of alkyl halides is 2. The lowest BCUT2D eigenvalue weighted by Gasteiger charge is -2.16. The van der Waals surface area contributed by atoms with Gasteiger partial charge in [-0.3, -0.25) is 4.79 Å². The van der Waals surface area contributed by atoms with Crippen molar-refractivity contribution in [2.45, 2.75) is 19.5 Å². The third kappa shape index (κ3) is 4.57. The van der Waals surface area contributed by atoms with Crippen LogP contribution >= 0.6 is 0 Å². The Labute approximate surface area is 126 Å². The van der Waals surface area contributed by atoms with Crippen LogP contribution in [0.25, 0.3) is 0 Å². The minimum absolute atomic E-state index is 0.105. The molecule has 2 N–H and O–H groups in total. The summed E-state index contributed by atoms with van der Waals surface area (Å²) >= 11 is 0. The van der Waals surface area contributed by atoms with E-state index in [1.54, 1.807) is 11.0 Å². The van der Waals surface area contributed by atoms with Gasteiger partial charge in [-0.15, -0.1) is 0 Å². The van der Waals surface area contributed by atoms with E-state index in [1.807, 2.05) is 0 Å². The van der Waals surface area contributed by atoms with E-state index in [9.17, 15) is 18.4 Å². The fraction of sp³-hybridized carbons (Fsp3) is 0.429. The first-order valence-corrected chi connectivity index (χ1v) is 6.93. The van der Waals surface area contributed by atoms with Crippen molar-refractivity contribution in [3.05, 3.63) is 24.3 Å². The second kappa shape index (κ2) is 7.58. The molecule has 2 rings (SSSR count). The fourth-order valence-electron chi connectivity index (χ4n) is 2.17. The maximum Gasteiger partial charge on any atom is 0.387 e. The number of rotatable bonds is 5. The molecule has 1 aromatic carbocycles. The molecule has 0 radical (unpaired) electrons. The first kappa shape index (κ1) is 16.0. The van der Waals surface area contributed by atoms with Crippen molar-refractivity contribution in [3.8, 4) is 5.75 Å². The zero-order valence-electron chi connectivity index (χ0n) is 11.9. The van der Waals surface area contributed by atoms with Gasteiger partial charge in [0.05, 0.1) is 12.2 Å². The Morgan fingerprint density at radius 2 is 1.91 bits per heavy atom. The van der Waals surface area contributed by atoms with E-state index >= 15 is 0 Å². The van der Waals surface area contributed by atoms with Crippen LogP contribution in [-0.2, 0) is 4.79 Å². The molecule has 3 amide bonds. The van der Waals surface area contributed by atoms with E-state index < -0.39 is 12.6 Å². The molecule has 6 nitrogen and oxygen atoms in total. The number of halogens is 2. The first-order chi connectivity index (χ1) is 10.6. The summed E-state index contributed by atoms with van der Waals surface area (Å²) in [6.45, 7) is -1.72. The van der Waals surface area contributed by atoms with E-state index in [0.29, 0.717) is 13.1 Å². The summed E-state index contributed by atoms with van der Waals surface area (Å²) in [6, 6.07) is 5.18. The molecule has 0 saturated carbocycles. The van der Waals surface area contributed by atoms with Gasteiger partial charge in [0.2, 0.25) is 5.91 Å². The average Bonchev–Trinajstić information content (AvgIpc) is 3.00. The zero-order valence-corrected chi connectivity index (χ0v) is 11.9. The van der Waals surface area contributed by atoms with E-state index in [2.05, 4.69) is 15.4 Å². The number of nitrogens with zero attached hydrogens (tertiary/aromatic N) is 1. The summed E-state index contributed by atoms with van der Waals surface area (Å²) in [5.41, 5.74) is 0.105. The third-order valence-electron chi connectivity index (χ3n) is 3.21. The predicted octanol–water partition coefficient (Wildman–Crippen LogP) is 2.03. The molecule has 1 fully saturated rings. The van der Waals surface area contributed by atoms with E-state index in [1.165, 1.54) is 18.2 Å². The van der Waals surface area contributed by atoms with Crippen LogP contribution in [-0.4, -0.2) is 43.1 Å². The number of hydrogen-bond acceptors (Lipinski definition) is 3. The topological polar surface area (TPSA) is 70.7 Å². The normalized spacial score (nSPS) is 14.0.